The van der Waals surface area contributed by atoms with E-state index in [4.69, 9.17) is 4.74 Å². The topological polar surface area (TPSA) is 66.8 Å². The Balaban J connectivity index is 1.74. The molecule has 19 heavy (non-hydrogen) atoms. The Hall–Kier alpha value is -0.870. The molecule has 4 heteroatoms. The molecule has 2 fully saturated rings. The van der Waals surface area contributed by atoms with E-state index < -0.39 is 0 Å². The molecule has 1 unspecified atom stereocenters. The minimum Gasteiger partial charge on any atom is -0.454 e. The van der Waals surface area contributed by atoms with Crippen molar-refractivity contribution >= 4 is 5.97 Å². The van der Waals surface area contributed by atoms with Crippen LogP contribution in [0.4, 0.5) is 0 Å². The van der Waals surface area contributed by atoms with Gasteiger partial charge in [-0.15, -0.1) is 0 Å². The standard InChI is InChI=1S/C15H22O4/c1-8(17)3-4-11-12-5-9-10(7-16)14(18)19-13(9)6-15(11,12)2/h8,11-13,16-17H,3-7H2,1-2H3/t8?,11-,12-,13+,15+/m0/s1. The van der Waals surface area contributed by atoms with Gasteiger partial charge in [-0.2, -0.15) is 0 Å². The summed E-state index contributed by atoms with van der Waals surface area (Å²) >= 11 is 0. The van der Waals surface area contributed by atoms with Gasteiger partial charge in [-0.1, -0.05) is 6.92 Å². The molecule has 4 nitrogen and oxygen atoms in total. The molecule has 0 saturated heterocycles. The van der Waals surface area contributed by atoms with Crippen LogP contribution in [0.2, 0.25) is 0 Å². The molecule has 0 aromatic rings. The van der Waals surface area contributed by atoms with E-state index in [9.17, 15) is 15.0 Å². The Morgan fingerprint density at radius 3 is 2.89 bits per heavy atom. The number of rotatable bonds is 4. The van der Waals surface area contributed by atoms with Gasteiger partial charge in [0.25, 0.3) is 0 Å². The molecule has 0 amide bonds. The number of fused-ring (bicyclic) bond motifs is 2. The number of ether oxygens (including phenoxy) is 1. The van der Waals surface area contributed by atoms with Crippen LogP contribution in [0.3, 0.4) is 0 Å². The molecule has 0 radical (unpaired) electrons. The maximum absolute atomic E-state index is 11.6. The Bertz CT molecular complexity index is 439. The average Bonchev–Trinajstić information content (AvgIpc) is 2.77. The third-order valence-corrected chi connectivity index (χ3v) is 5.46. The van der Waals surface area contributed by atoms with E-state index in [-0.39, 0.29) is 30.2 Å². The summed E-state index contributed by atoms with van der Waals surface area (Å²) < 4.78 is 5.38. The Labute approximate surface area is 113 Å². The predicted octanol–water partition coefficient (Wildman–Crippen LogP) is 1.41. The van der Waals surface area contributed by atoms with Crippen molar-refractivity contribution in [3.63, 3.8) is 0 Å². The van der Waals surface area contributed by atoms with Gasteiger partial charge in [0, 0.05) is 0 Å². The van der Waals surface area contributed by atoms with Crippen molar-refractivity contribution in [3.05, 3.63) is 11.1 Å². The summed E-state index contributed by atoms with van der Waals surface area (Å²) in [5.41, 5.74) is 1.79. The molecule has 2 saturated carbocycles. The van der Waals surface area contributed by atoms with Crippen LogP contribution in [0.5, 0.6) is 0 Å². The van der Waals surface area contributed by atoms with Gasteiger partial charge in [-0.3, -0.25) is 0 Å². The van der Waals surface area contributed by atoms with Crippen LogP contribution in [-0.2, 0) is 9.53 Å². The highest BCUT2D eigenvalue weighted by Gasteiger charge is 2.65. The first-order valence-electron chi connectivity index (χ1n) is 7.19. The van der Waals surface area contributed by atoms with Gasteiger partial charge in [-0.25, -0.2) is 4.79 Å². The van der Waals surface area contributed by atoms with Crippen molar-refractivity contribution in [2.75, 3.05) is 6.61 Å². The molecule has 1 heterocycles. The van der Waals surface area contributed by atoms with Crippen molar-refractivity contribution < 1.29 is 19.7 Å². The second-order valence-electron chi connectivity index (χ2n) is 6.61. The van der Waals surface area contributed by atoms with Crippen molar-refractivity contribution in [2.45, 2.75) is 51.7 Å². The van der Waals surface area contributed by atoms with Crippen molar-refractivity contribution in [3.8, 4) is 0 Å². The minimum absolute atomic E-state index is 0.104. The van der Waals surface area contributed by atoms with Gasteiger partial charge in [0.1, 0.15) is 6.10 Å². The van der Waals surface area contributed by atoms with Crippen LogP contribution in [-0.4, -0.2) is 35.0 Å². The molecule has 1 aliphatic heterocycles. The number of aliphatic hydroxyl groups excluding tert-OH is 2. The van der Waals surface area contributed by atoms with Crippen LogP contribution >= 0.6 is 0 Å². The Morgan fingerprint density at radius 2 is 2.26 bits per heavy atom. The lowest BCUT2D eigenvalue weighted by Crippen LogP contribution is -2.22. The molecule has 2 N–H and O–H groups in total. The van der Waals surface area contributed by atoms with Gasteiger partial charge in [0.15, 0.2) is 0 Å². The largest absolute Gasteiger partial charge is 0.454 e. The van der Waals surface area contributed by atoms with E-state index >= 15 is 0 Å². The van der Waals surface area contributed by atoms with Gasteiger partial charge >= 0.3 is 5.97 Å². The molecule has 0 bridgehead atoms. The smallest absolute Gasteiger partial charge is 0.337 e. The van der Waals surface area contributed by atoms with Gasteiger partial charge in [0.2, 0.25) is 0 Å². The summed E-state index contributed by atoms with van der Waals surface area (Å²) in [4.78, 5) is 11.6. The molecule has 3 aliphatic rings. The van der Waals surface area contributed by atoms with E-state index in [0.29, 0.717) is 17.4 Å². The number of carbonyl (C=O) groups excluding carboxylic acids is 1. The van der Waals surface area contributed by atoms with Crippen molar-refractivity contribution in [2.24, 2.45) is 17.3 Å². The minimum atomic E-state index is -0.326. The van der Waals surface area contributed by atoms with E-state index in [2.05, 4.69) is 6.92 Å². The van der Waals surface area contributed by atoms with Gasteiger partial charge in [0.05, 0.1) is 18.3 Å². The van der Waals surface area contributed by atoms with Crippen LogP contribution in [0, 0.1) is 17.3 Å². The second kappa shape index (κ2) is 4.32. The molecular formula is C15H22O4. The predicted molar refractivity (Wildman–Crippen MR) is 69.2 cm³/mol. The maximum atomic E-state index is 11.6. The fourth-order valence-electron chi connectivity index (χ4n) is 4.21. The van der Waals surface area contributed by atoms with E-state index in [0.717, 1.165) is 31.3 Å². The highest BCUT2D eigenvalue weighted by atomic mass is 16.5. The third-order valence-electron chi connectivity index (χ3n) is 5.46. The zero-order valence-electron chi connectivity index (χ0n) is 11.6. The Kier molecular flexibility index (Phi) is 2.98. The first-order valence-corrected chi connectivity index (χ1v) is 7.19. The summed E-state index contributed by atoms with van der Waals surface area (Å²) in [6.45, 7) is 3.90. The summed E-state index contributed by atoms with van der Waals surface area (Å²) in [5.74, 6) is 0.889. The monoisotopic (exact) mass is 266 g/mol. The summed E-state index contributed by atoms with van der Waals surface area (Å²) in [5, 5.41) is 18.7. The highest BCUT2D eigenvalue weighted by molar-refractivity contribution is 5.92. The molecule has 2 aliphatic carbocycles. The third kappa shape index (κ3) is 1.93. The SMILES string of the molecule is CC(O)CC[C@H]1[C@@H]2CC3=C(CO)C(=O)O[C@@H]3C[C@]12C. The molecular weight excluding hydrogens is 244 g/mol. The van der Waals surface area contributed by atoms with E-state index in [1.807, 2.05) is 6.92 Å². The number of carbonyl (C=O) groups is 1. The average molecular weight is 266 g/mol. The Morgan fingerprint density at radius 1 is 1.53 bits per heavy atom. The molecule has 3 rings (SSSR count). The fraction of sp³-hybridized carbons (Fsp3) is 0.800. The lowest BCUT2D eigenvalue weighted by atomic mass is 9.83. The van der Waals surface area contributed by atoms with Gasteiger partial charge < -0.3 is 14.9 Å². The summed E-state index contributed by atoms with van der Waals surface area (Å²) in [6.07, 6.45) is 3.30. The number of aliphatic hydroxyl groups is 2. The van der Waals surface area contributed by atoms with Crippen LogP contribution < -0.4 is 0 Å². The molecule has 0 aromatic carbocycles. The first kappa shape index (κ1) is 13.1. The quantitative estimate of drug-likeness (QED) is 0.755. The van der Waals surface area contributed by atoms with Crippen LogP contribution in [0.15, 0.2) is 11.1 Å². The summed E-state index contributed by atoms with van der Waals surface area (Å²) in [7, 11) is 0. The van der Waals surface area contributed by atoms with Gasteiger partial charge in [-0.05, 0) is 55.4 Å². The first-order chi connectivity index (χ1) is 8.97. The highest BCUT2D eigenvalue weighted by Crippen LogP contribution is 2.69. The summed E-state index contributed by atoms with van der Waals surface area (Å²) in [6, 6.07) is 0. The molecule has 5 atom stereocenters. The zero-order chi connectivity index (χ0) is 13.8. The molecule has 106 valence electrons. The zero-order valence-corrected chi connectivity index (χ0v) is 11.6. The second-order valence-corrected chi connectivity index (χ2v) is 6.61. The fourth-order valence-corrected chi connectivity index (χ4v) is 4.21. The lowest BCUT2D eigenvalue weighted by Gasteiger charge is -2.24. The maximum Gasteiger partial charge on any atom is 0.337 e. The van der Waals surface area contributed by atoms with Crippen LogP contribution in [0.25, 0.3) is 0 Å². The number of hydrogen-bond acceptors (Lipinski definition) is 4. The van der Waals surface area contributed by atoms with Crippen molar-refractivity contribution in [1.29, 1.82) is 0 Å². The van der Waals surface area contributed by atoms with E-state index in [1.165, 1.54) is 0 Å². The van der Waals surface area contributed by atoms with Crippen molar-refractivity contribution in [1.82, 2.24) is 0 Å². The molecule has 0 aromatic heterocycles. The number of esters is 1. The normalized spacial score (nSPS) is 41.7. The van der Waals surface area contributed by atoms with Crippen LogP contribution in [0.1, 0.15) is 39.5 Å². The molecule has 0 spiro atoms. The van der Waals surface area contributed by atoms with E-state index in [1.54, 1.807) is 0 Å². The lowest BCUT2D eigenvalue weighted by molar-refractivity contribution is -0.141. The number of hydrogen-bond donors (Lipinski definition) is 2.